The van der Waals surface area contributed by atoms with E-state index >= 15 is 0 Å². The van der Waals surface area contributed by atoms with Gasteiger partial charge in [-0.25, -0.2) is 4.98 Å². The third-order valence-corrected chi connectivity index (χ3v) is 2.78. The van der Waals surface area contributed by atoms with Gasteiger partial charge in [-0.3, -0.25) is 0 Å². The normalized spacial score (nSPS) is 12.2. The largest absolute Gasteiger partial charge is 0.342 e. The zero-order valence-electron chi connectivity index (χ0n) is 11.1. The molecule has 0 spiro atoms. The maximum atomic E-state index is 4.64. The first-order valence-electron chi connectivity index (χ1n) is 6.15. The van der Waals surface area contributed by atoms with Crippen molar-refractivity contribution in [2.24, 2.45) is 0 Å². The van der Waals surface area contributed by atoms with E-state index in [0.29, 0.717) is 0 Å². The summed E-state index contributed by atoms with van der Waals surface area (Å²) in [5.41, 5.74) is 3.63. The first-order chi connectivity index (χ1) is 7.96. The van der Waals surface area contributed by atoms with Crippen LogP contribution >= 0.6 is 0 Å². The molecule has 0 radical (unpaired) electrons. The molecule has 2 N–H and O–H groups in total. The molecule has 92 valence electrons. The van der Waals surface area contributed by atoms with Crippen molar-refractivity contribution in [1.29, 1.82) is 0 Å². The van der Waals surface area contributed by atoms with E-state index in [1.165, 1.54) is 5.56 Å². The third-order valence-electron chi connectivity index (χ3n) is 2.78. The molecule has 0 unspecified atom stereocenters. The molecule has 3 nitrogen and oxygen atoms in total. The summed E-state index contributed by atoms with van der Waals surface area (Å²) in [6.45, 7) is 9.57. The van der Waals surface area contributed by atoms with Crippen LogP contribution in [0.2, 0.25) is 0 Å². The number of rotatable bonds is 3. The van der Waals surface area contributed by atoms with Crippen LogP contribution in [-0.2, 0) is 6.42 Å². The Hall–Kier alpha value is -1.35. The van der Waals surface area contributed by atoms with Crippen LogP contribution in [0, 0.1) is 6.92 Å². The molecule has 2 aromatic rings. The highest BCUT2D eigenvalue weighted by atomic mass is 15.0. The molecule has 0 amide bonds. The van der Waals surface area contributed by atoms with E-state index in [-0.39, 0.29) is 5.54 Å². The number of nitrogens with one attached hydrogen (secondary N) is 2. The minimum atomic E-state index is 0.169. The molecule has 0 fully saturated rings. The van der Waals surface area contributed by atoms with E-state index in [1.807, 2.05) is 0 Å². The van der Waals surface area contributed by atoms with Crippen LogP contribution < -0.4 is 5.32 Å². The van der Waals surface area contributed by atoms with E-state index < -0.39 is 0 Å². The average molecular weight is 231 g/mol. The molecule has 17 heavy (non-hydrogen) atoms. The maximum absolute atomic E-state index is 4.64. The molecule has 0 aliphatic rings. The number of aromatic nitrogens is 2. The van der Waals surface area contributed by atoms with Gasteiger partial charge in [-0.2, -0.15) is 0 Å². The van der Waals surface area contributed by atoms with Gasteiger partial charge in [0.1, 0.15) is 5.82 Å². The highest BCUT2D eigenvalue weighted by Gasteiger charge is 2.09. The third kappa shape index (κ3) is 3.07. The highest BCUT2D eigenvalue weighted by molar-refractivity contribution is 5.78. The monoisotopic (exact) mass is 231 g/mol. The van der Waals surface area contributed by atoms with Crippen molar-refractivity contribution in [3.8, 4) is 0 Å². The van der Waals surface area contributed by atoms with Gasteiger partial charge in [-0.1, -0.05) is 12.1 Å². The Bertz CT molecular complexity index is 506. The summed E-state index contributed by atoms with van der Waals surface area (Å²) in [6, 6.07) is 6.24. The summed E-state index contributed by atoms with van der Waals surface area (Å²) in [4.78, 5) is 8.01. The number of fused-ring (bicyclic) bond motifs is 1. The van der Waals surface area contributed by atoms with Crippen molar-refractivity contribution in [1.82, 2.24) is 15.3 Å². The number of benzene rings is 1. The molecular formula is C14H21N3. The van der Waals surface area contributed by atoms with Crippen LogP contribution in [0.3, 0.4) is 0 Å². The van der Waals surface area contributed by atoms with Crippen LogP contribution in [0.4, 0.5) is 0 Å². The molecule has 0 bridgehead atoms. The quantitative estimate of drug-likeness (QED) is 0.852. The predicted molar refractivity (Wildman–Crippen MR) is 72.3 cm³/mol. The van der Waals surface area contributed by atoms with E-state index in [0.717, 1.165) is 29.8 Å². The summed E-state index contributed by atoms with van der Waals surface area (Å²) in [7, 11) is 0. The van der Waals surface area contributed by atoms with Gasteiger partial charge in [0, 0.05) is 18.5 Å². The Labute approximate surface area is 103 Å². The first-order valence-corrected chi connectivity index (χ1v) is 6.15. The molecule has 3 heteroatoms. The summed E-state index contributed by atoms with van der Waals surface area (Å²) in [5, 5.41) is 3.47. The Morgan fingerprint density at radius 1 is 1.29 bits per heavy atom. The van der Waals surface area contributed by atoms with Crippen molar-refractivity contribution in [3.63, 3.8) is 0 Å². The smallest absolute Gasteiger partial charge is 0.108 e. The van der Waals surface area contributed by atoms with Crippen LogP contribution in [0.5, 0.6) is 0 Å². The fraction of sp³-hybridized carbons (Fsp3) is 0.500. The van der Waals surface area contributed by atoms with E-state index in [9.17, 15) is 0 Å². The van der Waals surface area contributed by atoms with Crippen LogP contribution in [0.25, 0.3) is 11.0 Å². The average Bonchev–Trinajstić information content (AvgIpc) is 2.60. The lowest BCUT2D eigenvalue weighted by Crippen LogP contribution is -2.37. The second kappa shape index (κ2) is 4.49. The molecule has 0 aliphatic heterocycles. The van der Waals surface area contributed by atoms with Gasteiger partial charge < -0.3 is 10.3 Å². The molecular weight excluding hydrogens is 210 g/mol. The van der Waals surface area contributed by atoms with E-state index in [2.05, 4.69) is 61.2 Å². The first kappa shape index (κ1) is 12.1. The van der Waals surface area contributed by atoms with Crippen molar-refractivity contribution in [2.75, 3.05) is 6.54 Å². The molecule has 1 heterocycles. The van der Waals surface area contributed by atoms with Gasteiger partial charge in [-0.15, -0.1) is 0 Å². The Morgan fingerprint density at radius 3 is 2.71 bits per heavy atom. The van der Waals surface area contributed by atoms with Gasteiger partial charge in [0.2, 0.25) is 0 Å². The molecule has 2 rings (SSSR count). The second-order valence-corrected chi connectivity index (χ2v) is 5.58. The number of imidazole rings is 1. The number of nitrogens with zero attached hydrogens (tertiary/aromatic N) is 1. The van der Waals surface area contributed by atoms with Crippen LogP contribution in [-0.4, -0.2) is 22.1 Å². The topological polar surface area (TPSA) is 40.7 Å². The number of H-pyrrole nitrogens is 1. The number of hydrogen-bond acceptors (Lipinski definition) is 2. The standard InChI is InChI=1S/C14H21N3/c1-10-6-5-7-11-13(10)17-12(16-11)8-9-15-14(2,3)4/h5-7,15H,8-9H2,1-4H3,(H,16,17). The highest BCUT2D eigenvalue weighted by Crippen LogP contribution is 2.15. The summed E-state index contributed by atoms with van der Waals surface area (Å²) in [6.07, 6.45) is 0.936. The van der Waals surface area contributed by atoms with Gasteiger partial charge in [0.15, 0.2) is 0 Å². The Kier molecular flexibility index (Phi) is 3.20. The van der Waals surface area contributed by atoms with Crippen molar-refractivity contribution in [2.45, 2.75) is 39.7 Å². The lowest BCUT2D eigenvalue weighted by atomic mass is 10.1. The summed E-state index contributed by atoms with van der Waals surface area (Å²) < 4.78 is 0. The zero-order chi connectivity index (χ0) is 12.5. The Morgan fingerprint density at radius 2 is 2.06 bits per heavy atom. The lowest BCUT2D eigenvalue weighted by Gasteiger charge is -2.19. The SMILES string of the molecule is Cc1cccc2[nH]c(CCNC(C)(C)C)nc12. The number of para-hydroxylation sites is 1. The van der Waals surface area contributed by atoms with Crippen LogP contribution in [0.1, 0.15) is 32.2 Å². The predicted octanol–water partition coefficient (Wildman–Crippen LogP) is 2.80. The molecule has 1 aromatic heterocycles. The molecule has 0 saturated heterocycles. The summed E-state index contributed by atoms with van der Waals surface area (Å²) in [5.74, 6) is 1.06. The lowest BCUT2D eigenvalue weighted by molar-refractivity contribution is 0.428. The second-order valence-electron chi connectivity index (χ2n) is 5.58. The van der Waals surface area contributed by atoms with E-state index in [4.69, 9.17) is 0 Å². The van der Waals surface area contributed by atoms with Crippen molar-refractivity contribution in [3.05, 3.63) is 29.6 Å². The van der Waals surface area contributed by atoms with Gasteiger partial charge in [0.25, 0.3) is 0 Å². The van der Waals surface area contributed by atoms with Gasteiger partial charge >= 0.3 is 0 Å². The number of aromatic amines is 1. The minimum absolute atomic E-state index is 0.169. The Balaban J connectivity index is 2.07. The molecule has 0 saturated carbocycles. The number of aryl methyl sites for hydroxylation is 1. The molecule has 1 aromatic carbocycles. The molecule has 0 aliphatic carbocycles. The van der Waals surface area contributed by atoms with E-state index in [1.54, 1.807) is 0 Å². The van der Waals surface area contributed by atoms with Crippen molar-refractivity contribution < 1.29 is 0 Å². The summed E-state index contributed by atoms with van der Waals surface area (Å²) >= 11 is 0. The molecule has 0 atom stereocenters. The fourth-order valence-electron chi connectivity index (χ4n) is 1.90. The fourth-order valence-corrected chi connectivity index (χ4v) is 1.90. The van der Waals surface area contributed by atoms with Crippen molar-refractivity contribution >= 4 is 11.0 Å². The number of hydrogen-bond donors (Lipinski definition) is 2. The van der Waals surface area contributed by atoms with Gasteiger partial charge in [0.05, 0.1) is 11.0 Å². The van der Waals surface area contributed by atoms with Gasteiger partial charge in [-0.05, 0) is 39.3 Å². The minimum Gasteiger partial charge on any atom is -0.342 e. The van der Waals surface area contributed by atoms with Crippen LogP contribution in [0.15, 0.2) is 18.2 Å². The maximum Gasteiger partial charge on any atom is 0.108 e. The zero-order valence-corrected chi connectivity index (χ0v) is 11.1.